The van der Waals surface area contributed by atoms with E-state index < -0.39 is 0 Å². The number of thioether (sulfide) groups is 1. The highest BCUT2D eigenvalue weighted by Crippen LogP contribution is 2.34. The molecule has 1 aromatic rings. The van der Waals surface area contributed by atoms with Crippen molar-refractivity contribution in [2.24, 2.45) is 0 Å². The summed E-state index contributed by atoms with van der Waals surface area (Å²) in [6.45, 7) is 1.22. The first-order valence-electron chi connectivity index (χ1n) is 7.82. The Bertz CT molecular complexity index is 392. The lowest BCUT2D eigenvalue weighted by atomic mass is 9.86. The average molecular weight is 275 g/mol. The highest BCUT2D eigenvalue weighted by atomic mass is 32.2. The van der Waals surface area contributed by atoms with Crippen LogP contribution in [0, 0.1) is 0 Å². The molecule has 2 heteroatoms. The monoisotopic (exact) mass is 275 g/mol. The van der Waals surface area contributed by atoms with Crippen LogP contribution in [0.25, 0.3) is 0 Å². The molecule has 104 valence electrons. The highest BCUT2D eigenvalue weighted by molar-refractivity contribution is 7.99. The zero-order chi connectivity index (χ0) is 12.9. The Morgan fingerprint density at radius 1 is 1.05 bits per heavy atom. The first kappa shape index (κ1) is 13.5. The summed E-state index contributed by atoms with van der Waals surface area (Å²) in [7, 11) is 0. The van der Waals surface area contributed by atoms with Gasteiger partial charge in [0.05, 0.1) is 0 Å². The van der Waals surface area contributed by atoms with Gasteiger partial charge >= 0.3 is 0 Å². The van der Waals surface area contributed by atoms with Crippen molar-refractivity contribution in [2.45, 2.75) is 50.5 Å². The van der Waals surface area contributed by atoms with Gasteiger partial charge in [-0.05, 0) is 67.2 Å². The Morgan fingerprint density at radius 3 is 2.68 bits per heavy atom. The summed E-state index contributed by atoms with van der Waals surface area (Å²) < 4.78 is 0. The average Bonchev–Trinajstić information content (AvgIpc) is 2.50. The quantitative estimate of drug-likeness (QED) is 0.895. The standard InChI is InChI=1S/C17H25NS/c1-2-7-17(14-8-11-19-12-9-14)15(5-1)13-16-6-3-4-10-18-16/h1-2,5,7,14,16,18H,3-4,6,8-13H2. The van der Waals surface area contributed by atoms with Gasteiger partial charge in [0.2, 0.25) is 0 Å². The van der Waals surface area contributed by atoms with Crippen LogP contribution in [0.3, 0.4) is 0 Å². The zero-order valence-corrected chi connectivity index (χ0v) is 12.6. The van der Waals surface area contributed by atoms with E-state index in [-0.39, 0.29) is 0 Å². The maximum atomic E-state index is 3.69. The first-order chi connectivity index (χ1) is 9.43. The van der Waals surface area contributed by atoms with Crippen molar-refractivity contribution in [3.63, 3.8) is 0 Å². The van der Waals surface area contributed by atoms with Crippen molar-refractivity contribution >= 4 is 11.8 Å². The molecule has 2 aliphatic rings. The van der Waals surface area contributed by atoms with Gasteiger partial charge in [-0.3, -0.25) is 0 Å². The van der Waals surface area contributed by atoms with E-state index >= 15 is 0 Å². The summed E-state index contributed by atoms with van der Waals surface area (Å²) in [5.74, 6) is 3.52. The molecule has 3 rings (SSSR count). The smallest absolute Gasteiger partial charge is 0.0108 e. The van der Waals surface area contributed by atoms with Gasteiger partial charge in [0.15, 0.2) is 0 Å². The molecule has 1 atom stereocenters. The molecule has 2 saturated heterocycles. The van der Waals surface area contributed by atoms with E-state index in [9.17, 15) is 0 Å². The summed E-state index contributed by atoms with van der Waals surface area (Å²) in [5, 5.41) is 3.69. The minimum Gasteiger partial charge on any atom is -0.314 e. The fraction of sp³-hybridized carbons (Fsp3) is 0.647. The van der Waals surface area contributed by atoms with E-state index in [1.807, 2.05) is 0 Å². The fourth-order valence-electron chi connectivity index (χ4n) is 3.49. The van der Waals surface area contributed by atoms with Crippen LogP contribution in [-0.2, 0) is 6.42 Å². The molecule has 0 spiro atoms. The maximum Gasteiger partial charge on any atom is 0.0108 e. The van der Waals surface area contributed by atoms with Gasteiger partial charge in [-0.15, -0.1) is 0 Å². The third-order valence-electron chi connectivity index (χ3n) is 4.59. The van der Waals surface area contributed by atoms with Gasteiger partial charge in [0, 0.05) is 6.04 Å². The number of benzene rings is 1. The van der Waals surface area contributed by atoms with E-state index in [4.69, 9.17) is 0 Å². The van der Waals surface area contributed by atoms with Gasteiger partial charge in [-0.2, -0.15) is 11.8 Å². The Balaban J connectivity index is 1.72. The summed E-state index contributed by atoms with van der Waals surface area (Å²) in [6.07, 6.45) is 8.10. The lowest BCUT2D eigenvalue weighted by molar-refractivity contribution is 0.398. The summed E-state index contributed by atoms with van der Waals surface area (Å²) in [6, 6.07) is 9.92. The summed E-state index contributed by atoms with van der Waals surface area (Å²) in [4.78, 5) is 0. The number of nitrogens with one attached hydrogen (secondary N) is 1. The molecule has 0 saturated carbocycles. The second-order valence-electron chi connectivity index (χ2n) is 5.94. The second-order valence-corrected chi connectivity index (χ2v) is 7.16. The van der Waals surface area contributed by atoms with Crippen molar-refractivity contribution in [3.05, 3.63) is 35.4 Å². The minimum atomic E-state index is 0.716. The predicted molar refractivity (Wildman–Crippen MR) is 85.1 cm³/mol. The van der Waals surface area contributed by atoms with Crippen molar-refractivity contribution in [3.8, 4) is 0 Å². The zero-order valence-electron chi connectivity index (χ0n) is 11.7. The molecule has 1 aromatic carbocycles. The van der Waals surface area contributed by atoms with Crippen molar-refractivity contribution in [2.75, 3.05) is 18.1 Å². The Kier molecular flexibility index (Phi) is 4.84. The van der Waals surface area contributed by atoms with Gasteiger partial charge in [0.1, 0.15) is 0 Å². The molecule has 2 aliphatic heterocycles. The number of piperidine rings is 1. The van der Waals surface area contributed by atoms with Crippen LogP contribution in [0.1, 0.15) is 49.1 Å². The molecule has 19 heavy (non-hydrogen) atoms. The van der Waals surface area contributed by atoms with Crippen LogP contribution in [0.4, 0.5) is 0 Å². The third kappa shape index (κ3) is 3.55. The number of rotatable bonds is 3. The van der Waals surface area contributed by atoms with E-state index in [2.05, 4.69) is 41.3 Å². The minimum absolute atomic E-state index is 0.716. The highest BCUT2D eigenvalue weighted by Gasteiger charge is 2.20. The SMILES string of the molecule is c1ccc(C2CCSCC2)c(CC2CCCCN2)c1. The molecule has 2 fully saturated rings. The fourth-order valence-corrected chi connectivity index (χ4v) is 4.60. The van der Waals surface area contributed by atoms with E-state index in [1.165, 1.54) is 56.6 Å². The third-order valence-corrected chi connectivity index (χ3v) is 5.64. The number of hydrogen-bond acceptors (Lipinski definition) is 2. The maximum absolute atomic E-state index is 3.69. The Morgan fingerprint density at radius 2 is 1.89 bits per heavy atom. The summed E-state index contributed by atoms with van der Waals surface area (Å²) in [5.41, 5.74) is 3.26. The first-order valence-corrected chi connectivity index (χ1v) is 8.98. The molecule has 1 unspecified atom stereocenters. The van der Waals surface area contributed by atoms with Crippen molar-refractivity contribution in [1.82, 2.24) is 5.32 Å². The van der Waals surface area contributed by atoms with E-state index in [0.29, 0.717) is 6.04 Å². The molecular formula is C17H25NS. The molecule has 0 aromatic heterocycles. The van der Waals surface area contributed by atoms with Crippen LogP contribution in [0.2, 0.25) is 0 Å². The molecule has 1 N–H and O–H groups in total. The largest absolute Gasteiger partial charge is 0.314 e. The van der Waals surface area contributed by atoms with Crippen LogP contribution in [-0.4, -0.2) is 24.1 Å². The predicted octanol–water partition coefficient (Wildman–Crippen LogP) is 3.98. The molecule has 0 aliphatic carbocycles. The second kappa shape index (κ2) is 6.81. The van der Waals surface area contributed by atoms with Gasteiger partial charge < -0.3 is 5.32 Å². The summed E-state index contributed by atoms with van der Waals surface area (Å²) >= 11 is 2.12. The lowest BCUT2D eigenvalue weighted by Crippen LogP contribution is -2.35. The van der Waals surface area contributed by atoms with Gasteiger partial charge in [-0.1, -0.05) is 30.7 Å². The van der Waals surface area contributed by atoms with Gasteiger partial charge in [-0.25, -0.2) is 0 Å². The van der Waals surface area contributed by atoms with E-state index in [1.54, 1.807) is 11.1 Å². The van der Waals surface area contributed by atoms with Crippen LogP contribution in [0.15, 0.2) is 24.3 Å². The number of hydrogen-bond donors (Lipinski definition) is 1. The molecule has 0 bridgehead atoms. The molecular weight excluding hydrogens is 250 g/mol. The molecule has 1 nitrogen and oxygen atoms in total. The molecule has 0 radical (unpaired) electrons. The van der Waals surface area contributed by atoms with Gasteiger partial charge in [0.25, 0.3) is 0 Å². The Hall–Kier alpha value is -0.470. The Labute approximate surface area is 121 Å². The normalized spacial score (nSPS) is 25.4. The lowest BCUT2D eigenvalue weighted by Gasteiger charge is -2.28. The van der Waals surface area contributed by atoms with Crippen LogP contribution in [0.5, 0.6) is 0 Å². The van der Waals surface area contributed by atoms with Crippen LogP contribution >= 0.6 is 11.8 Å². The molecule has 2 heterocycles. The van der Waals surface area contributed by atoms with Crippen LogP contribution < -0.4 is 5.32 Å². The molecule has 0 amide bonds. The van der Waals surface area contributed by atoms with Crippen molar-refractivity contribution in [1.29, 1.82) is 0 Å². The van der Waals surface area contributed by atoms with E-state index in [0.717, 1.165) is 5.92 Å². The van der Waals surface area contributed by atoms with Crippen molar-refractivity contribution < 1.29 is 0 Å². The topological polar surface area (TPSA) is 12.0 Å².